The first-order valence-corrected chi connectivity index (χ1v) is 7.89. The van der Waals surface area contributed by atoms with Crippen LogP contribution >= 0.6 is 0 Å². The van der Waals surface area contributed by atoms with Crippen molar-refractivity contribution in [2.24, 2.45) is 10.9 Å². The fraction of sp³-hybridized carbons (Fsp3) is 0.938. The zero-order chi connectivity index (χ0) is 16.0. The summed E-state index contributed by atoms with van der Waals surface area (Å²) in [6.45, 7) is 2.63. The van der Waals surface area contributed by atoms with E-state index in [0.29, 0.717) is 13.0 Å². The van der Waals surface area contributed by atoms with Crippen molar-refractivity contribution in [3.8, 4) is 0 Å². The Kier molecular flexibility index (Phi) is 12.5. The molecule has 5 nitrogen and oxygen atoms in total. The van der Waals surface area contributed by atoms with E-state index in [1.807, 2.05) is 0 Å². The quantitative estimate of drug-likeness (QED) is 0.212. The van der Waals surface area contributed by atoms with Gasteiger partial charge in [0.1, 0.15) is 0 Å². The van der Waals surface area contributed by atoms with Crippen molar-refractivity contribution in [3.05, 3.63) is 0 Å². The van der Waals surface area contributed by atoms with Gasteiger partial charge in [-0.1, -0.05) is 45.4 Å². The van der Waals surface area contributed by atoms with Gasteiger partial charge in [0.2, 0.25) is 6.08 Å². The highest BCUT2D eigenvalue weighted by Crippen LogP contribution is 2.31. The van der Waals surface area contributed by atoms with E-state index in [2.05, 4.69) is 11.9 Å². The summed E-state index contributed by atoms with van der Waals surface area (Å²) in [5.74, 6) is -1.01. The lowest BCUT2D eigenvalue weighted by atomic mass is 9.94. The Morgan fingerprint density at radius 3 is 2.05 bits per heavy atom. The molecule has 21 heavy (non-hydrogen) atoms. The monoisotopic (exact) mass is 301 g/mol. The predicted octanol–water partition coefficient (Wildman–Crippen LogP) is 3.67. The van der Waals surface area contributed by atoms with Gasteiger partial charge in [0.05, 0.1) is 6.54 Å². The molecule has 0 aromatic heterocycles. The number of ether oxygens (including phenoxy) is 3. The second-order valence-electron chi connectivity index (χ2n) is 5.23. The average molecular weight is 301 g/mol. The first-order valence-electron chi connectivity index (χ1n) is 7.89. The summed E-state index contributed by atoms with van der Waals surface area (Å²) in [6.07, 6.45) is 10.6. The Morgan fingerprint density at radius 2 is 1.52 bits per heavy atom. The number of hydrogen-bond acceptors (Lipinski definition) is 5. The van der Waals surface area contributed by atoms with Gasteiger partial charge in [0.15, 0.2) is 0 Å². The second-order valence-corrected chi connectivity index (χ2v) is 5.23. The first-order chi connectivity index (χ1) is 10.2. The molecule has 0 heterocycles. The molecule has 0 fully saturated rings. The normalized spacial score (nSPS) is 13.0. The Bertz CT molecular complexity index is 278. The van der Waals surface area contributed by atoms with E-state index in [9.17, 15) is 4.79 Å². The van der Waals surface area contributed by atoms with Gasteiger partial charge in [-0.15, -0.1) is 0 Å². The number of aliphatic imine (C=N–C) groups is 1. The molecule has 0 aliphatic heterocycles. The third-order valence-corrected chi connectivity index (χ3v) is 3.91. The van der Waals surface area contributed by atoms with Crippen LogP contribution in [0.3, 0.4) is 0 Å². The van der Waals surface area contributed by atoms with E-state index in [4.69, 9.17) is 14.2 Å². The third-order valence-electron chi connectivity index (χ3n) is 3.91. The Balaban J connectivity index is 4.40. The minimum atomic E-state index is -1.05. The van der Waals surface area contributed by atoms with Gasteiger partial charge in [-0.3, -0.25) is 0 Å². The maximum atomic E-state index is 10.2. The van der Waals surface area contributed by atoms with E-state index in [1.165, 1.54) is 32.1 Å². The van der Waals surface area contributed by atoms with Crippen molar-refractivity contribution in [1.82, 2.24) is 0 Å². The Labute approximate surface area is 129 Å². The molecular formula is C16H31NO4. The summed E-state index contributed by atoms with van der Waals surface area (Å²) in [4.78, 5) is 13.8. The molecule has 0 bridgehead atoms. The van der Waals surface area contributed by atoms with Gasteiger partial charge in [-0.2, -0.15) is 0 Å². The van der Waals surface area contributed by atoms with Crippen molar-refractivity contribution in [2.45, 2.75) is 64.3 Å². The van der Waals surface area contributed by atoms with Crippen molar-refractivity contribution in [2.75, 3.05) is 27.9 Å². The Morgan fingerprint density at radius 1 is 0.952 bits per heavy atom. The molecule has 0 radical (unpaired) electrons. The summed E-state index contributed by atoms with van der Waals surface area (Å²) in [7, 11) is 4.72. The molecule has 124 valence electrons. The molecule has 0 spiro atoms. The zero-order valence-electron chi connectivity index (χ0n) is 14.0. The van der Waals surface area contributed by atoms with Crippen LogP contribution in [-0.2, 0) is 19.0 Å². The van der Waals surface area contributed by atoms with E-state index in [-0.39, 0.29) is 5.92 Å². The molecule has 0 N–H and O–H groups in total. The van der Waals surface area contributed by atoms with Gasteiger partial charge in [0, 0.05) is 27.2 Å². The highest BCUT2D eigenvalue weighted by molar-refractivity contribution is 5.32. The van der Waals surface area contributed by atoms with Crippen LogP contribution in [0.25, 0.3) is 0 Å². The SMILES string of the molecule is CCCCCCCCC(CCN=C=O)C(OC)(OC)OC. The smallest absolute Gasteiger partial charge is 0.285 e. The summed E-state index contributed by atoms with van der Waals surface area (Å²) in [5.41, 5.74) is 0. The lowest BCUT2D eigenvalue weighted by molar-refractivity contribution is -0.380. The number of rotatable bonds is 14. The standard InChI is InChI=1S/C16H31NO4/c1-5-6-7-8-9-10-11-15(12-13-17-14-18)16(19-2,20-3)21-4/h15H,5-13H2,1-4H3. The van der Waals surface area contributed by atoms with Crippen LogP contribution in [-0.4, -0.2) is 39.9 Å². The topological polar surface area (TPSA) is 57.1 Å². The van der Waals surface area contributed by atoms with E-state index in [1.54, 1.807) is 27.4 Å². The number of carbonyl (C=O) groups excluding carboxylic acids is 1. The summed E-state index contributed by atoms with van der Waals surface area (Å²) in [6, 6.07) is 0. The van der Waals surface area contributed by atoms with Gasteiger partial charge in [-0.05, 0) is 12.8 Å². The van der Waals surface area contributed by atoms with E-state index < -0.39 is 5.97 Å². The maximum absolute atomic E-state index is 10.2. The average Bonchev–Trinajstić information content (AvgIpc) is 2.52. The van der Waals surface area contributed by atoms with Crippen molar-refractivity contribution in [3.63, 3.8) is 0 Å². The molecular weight excluding hydrogens is 270 g/mol. The minimum absolute atomic E-state index is 0.0424. The van der Waals surface area contributed by atoms with E-state index >= 15 is 0 Å². The number of hydrogen-bond donors (Lipinski definition) is 0. The first kappa shape index (κ1) is 20.3. The summed E-state index contributed by atoms with van der Waals surface area (Å²) < 4.78 is 16.3. The van der Waals surface area contributed by atoms with Crippen LogP contribution in [0.1, 0.15) is 58.3 Å². The fourth-order valence-corrected chi connectivity index (χ4v) is 2.68. The molecule has 1 atom stereocenters. The van der Waals surface area contributed by atoms with Crippen molar-refractivity contribution < 1.29 is 19.0 Å². The molecule has 1 unspecified atom stereocenters. The molecule has 0 amide bonds. The minimum Gasteiger partial charge on any atom is -0.331 e. The van der Waals surface area contributed by atoms with Crippen LogP contribution in [0.4, 0.5) is 0 Å². The summed E-state index contributed by atoms with van der Waals surface area (Å²) >= 11 is 0. The van der Waals surface area contributed by atoms with Gasteiger partial charge >= 0.3 is 0 Å². The number of isocyanates is 1. The second kappa shape index (κ2) is 13.0. The van der Waals surface area contributed by atoms with E-state index in [0.717, 1.165) is 12.8 Å². The summed E-state index contributed by atoms with van der Waals surface area (Å²) in [5, 5.41) is 0. The molecule has 0 aromatic carbocycles. The Hall–Kier alpha value is -0.740. The molecule has 0 saturated heterocycles. The van der Waals surface area contributed by atoms with Crippen LogP contribution in [0, 0.1) is 5.92 Å². The highest BCUT2D eigenvalue weighted by atomic mass is 16.9. The number of unbranched alkanes of at least 4 members (excludes halogenated alkanes) is 5. The largest absolute Gasteiger partial charge is 0.331 e. The molecule has 0 aliphatic rings. The maximum Gasteiger partial charge on any atom is 0.285 e. The highest BCUT2D eigenvalue weighted by Gasteiger charge is 2.39. The molecule has 0 aromatic rings. The lowest BCUT2D eigenvalue weighted by Gasteiger charge is -2.36. The van der Waals surface area contributed by atoms with Gasteiger partial charge in [0.25, 0.3) is 5.97 Å². The van der Waals surface area contributed by atoms with Crippen molar-refractivity contribution >= 4 is 6.08 Å². The van der Waals surface area contributed by atoms with Gasteiger partial charge < -0.3 is 14.2 Å². The molecule has 0 aliphatic carbocycles. The van der Waals surface area contributed by atoms with Crippen LogP contribution in [0.5, 0.6) is 0 Å². The molecule has 5 heteroatoms. The van der Waals surface area contributed by atoms with Crippen molar-refractivity contribution in [1.29, 1.82) is 0 Å². The zero-order valence-corrected chi connectivity index (χ0v) is 14.0. The van der Waals surface area contributed by atoms with Crippen LogP contribution in [0.15, 0.2) is 4.99 Å². The predicted molar refractivity (Wildman–Crippen MR) is 82.8 cm³/mol. The van der Waals surface area contributed by atoms with Crippen LogP contribution < -0.4 is 0 Å². The number of nitrogens with zero attached hydrogens (tertiary/aromatic N) is 1. The number of methoxy groups -OCH3 is 3. The fourth-order valence-electron chi connectivity index (χ4n) is 2.68. The molecule has 0 rings (SSSR count). The van der Waals surface area contributed by atoms with Crippen LogP contribution in [0.2, 0.25) is 0 Å². The molecule has 0 saturated carbocycles. The van der Waals surface area contributed by atoms with Gasteiger partial charge in [-0.25, -0.2) is 9.79 Å². The lowest BCUT2D eigenvalue weighted by Crippen LogP contribution is -2.44. The third kappa shape index (κ3) is 7.72.